The van der Waals surface area contributed by atoms with Gasteiger partial charge in [-0.05, 0) is 30.2 Å². The summed E-state index contributed by atoms with van der Waals surface area (Å²) in [6.07, 6.45) is 2.51. The molecule has 1 aliphatic rings. The molecule has 0 unspecified atom stereocenters. The summed E-state index contributed by atoms with van der Waals surface area (Å²) in [6, 6.07) is 7.31. The number of carbonyl (C=O) groups is 1. The van der Waals surface area contributed by atoms with E-state index in [1.165, 1.54) is 0 Å². The minimum atomic E-state index is -0.367. The SMILES string of the molecule is CCOC(=O)C1=C(N)CC=C1c1ccc(Cl)cc1. The van der Waals surface area contributed by atoms with Gasteiger partial charge in [-0.15, -0.1) is 0 Å². The molecule has 0 fully saturated rings. The molecule has 18 heavy (non-hydrogen) atoms. The van der Waals surface area contributed by atoms with Gasteiger partial charge < -0.3 is 10.5 Å². The van der Waals surface area contributed by atoms with Crippen LogP contribution in [0.25, 0.3) is 5.57 Å². The molecule has 0 aliphatic heterocycles. The average molecular weight is 264 g/mol. The fourth-order valence-corrected chi connectivity index (χ4v) is 2.05. The summed E-state index contributed by atoms with van der Waals surface area (Å²) in [6.45, 7) is 2.11. The second-order valence-corrected chi connectivity index (χ2v) is 4.39. The number of hydrogen-bond acceptors (Lipinski definition) is 3. The molecule has 1 aromatic rings. The Morgan fingerprint density at radius 3 is 2.67 bits per heavy atom. The van der Waals surface area contributed by atoms with Gasteiger partial charge in [0.2, 0.25) is 0 Å². The summed E-state index contributed by atoms with van der Waals surface area (Å²) in [5.74, 6) is -0.367. The maximum absolute atomic E-state index is 11.9. The summed E-state index contributed by atoms with van der Waals surface area (Å²) in [5.41, 5.74) is 8.64. The minimum absolute atomic E-state index is 0.337. The second kappa shape index (κ2) is 5.27. The molecule has 4 heteroatoms. The lowest BCUT2D eigenvalue weighted by Crippen LogP contribution is -2.12. The molecule has 0 atom stereocenters. The summed E-state index contributed by atoms with van der Waals surface area (Å²) in [5, 5.41) is 0.659. The molecule has 1 aliphatic carbocycles. The highest BCUT2D eigenvalue weighted by Gasteiger charge is 2.24. The molecule has 2 rings (SSSR count). The number of rotatable bonds is 3. The summed E-state index contributed by atoms with van der Waals surface area (Å²) >= 11 is 5.85. The van der Waals surface area contributed by atoms with E-state index in [-0.39, 0.29) is 5.97 Å². The number of benzene rings is 1. The van der Waals surface area contributed by atoms with Crippen molar-refractivity contribution < 1.29 is 9.53 Å². The fourth-order valence-electron chi connectivity index (χ4n) is 1.93. The van der Waals surface area contributed by atoms with E-state index in [0.29, 0.717) is 29.3 Å². The van der Waals surface area contributed by atoms with Crippen LogP contribution in [-0.4, -0.2) is 12.6 Å². The van der Waals surface area contributed by atoms with Crippen LogP contribution in [0, 0.1) is 0 Å². The molecule has 0 saturated heterocycles. The highest BCUT2D eigenvalue weighted by molar-refractivity contribution is 6.30. The Kier molecular flexibility index (Phi) is 3.72. The Labute approximate surface area is 111 Å². The van der Waals surface area contributed by atoms with Gasteiger partial charge >= 0.3 is 5.97 Å². The molecule has 0 spiro atoms. The number of halogens is 1. The number of allylic oxidation sites excluding steroid dienone is 1. The summed E-state index contributed by atoms with van der Waals surface area (Å²) in [4.78, 5) is 11.9. The van der Waals surface area contributed by atoms with Crippen molar-refractivity contribution in [3.63, 3.8) is 0 Å². The van der Waals surface area contributed by atoms with Crippen LogP contribution in [-0.2, 0) is 9.53 Å². The van der Waals surface area contributed by atoms with Crippen molar-refractivity contribution in [2.24, 2.45) is 5.73 Å². The number of hydrogen-bond donors (Lipinski definition) is 1. The third kappa shape index (κ3) is 2.41. The number of nitrogens with two attached hydrogens (primary N) is 1. The van der Waals surface area contributed by atoms with Crippen molar-refractivity contribution in [3.8, 4) is 0 Å². The number of ether oxygens (including phenoxy) is 1. The first kappa shape index (κ1) is 12.7. The predicted octanol–water partition coefficient (Wildman–Crippen LogP) is 2.90. The van der Waals surface area contributed by atoms with Gasteiger partial charge in [-0.2, -0.15) is 0 Å². The van der Waals surface area contributed by atoms with Gasteiger partial charge in [0.05, 0.1) is 12.2 Å². The summed E-state index contributed by atoms with van der Waals surface area (Å²) in [7, 11) is 0. The summed E-state index contributed by atoms with van der Waals surface area (Å²) < 4.78 is 5.03. The fraction of sp³-hybridized carbons (Fsp3) is 0.214. The maximum atomic E-state index is 11.9. The van der Waals surface area contributed by atoms with Crippen LogP contribution in [0.1, 0.15) is 18.9 Å². The van der Waals surface area contributed by atoms with Crippen molar-refractivity contribution in [1.82, 2.24) is 0 Å². The van der Waals surface area contributed by atoms with Crippen LogP contribution in [0.3, 0.4) is 0 Å². The van der Waals surface area contributed by atoms with E-state index >= 15 is 0 Å². The van der Waals surface area contributed by atoms with Crippen molar-refractivity contribution in [2.75, 3.05) is 6.61 Å². The topological polar surface area (TPSA) is 52.3 Å². The predicted molar refractivity (Wildman–Crippen MR) is 71.9 cm³/mol. The lowest BCUT2D eigenvalue weighted by atomic mass is 10.0. The van der Waals surface area contributed by atoms with Crippen molar-refractivity contribution in [3.05, 3.63) is 52.2 Å². The highest BCUT2D eigenvalue weighted by Crippen LogP contribution is 2.33. The number of esters is 1. The van der Waals surface area contributed by atoms with E-state index < -0.39 is 0 Å². The van der Waals surface area contributed by atoms with Crippen LogP contribution in [0.2, 0.25) is 5.02 Å². The third-order valence-corrected chi connectivity index (χ3v) is 3.00. The first-order chi connectivity index (χ1) is 8.63. The molecule has 0 aromatic heterocycles. The molecule has 0 bridgehead atoms. The van der Waals surface area contributed by atoms with Gasteiger partial charge in [0.1, 0.15) is 0 Å². The zero-order valence-electron chi connectivity index (χ0n) is 10.1. The minimum Gasteiger partial charge on any atom is -0.462 e. The van der Waals surface area contributed by atoms with E-state index in [9.17, 15) is 4.79 Å². The number of carbonyl (C=O) groups excluding carboxylic acids is 1. The van der Waals surface area contributed by atoms with Crippen LogP contribution < -0.4 is 5.73 Å². The lowest BCUT2D eigenvalue weighted by Gasteiger charge is -2.09. The average Bonchev–Trinajstić information content (AvgIpc) is 2.72. The Morgan fingerprint density at radius 1 is 1.39 bits per heavy atom. The van der Waals surface area contributed by atoms with Crippen LogP contribution in [0.15, 0.2) is 41.6 Å². The molecule has 0 saturated carbocycles. The van der Waals surface area contributed by atoms with Gasteiger partial charge in [-0.3, -0.25) is 0 Å². The molecule has 2 N–H and O–H groups in total. The van der Waals surface area contributed by atoms with Crippen molar-refractivity contribution >= 4 is 23.1 Å². The second-order valence-electron chi connectivity index (χ2n) is 3.95. The standard InChI is InChI=1S/C14H14ClNO2/c1-2-18-14(17)13-11(7-8-12(13)16)9-3-5-10(15)6-4-9/h3-7H,2,8,16H2,1H3. The molecule has 0 heterocycles. The van der Waals surface area contributed by atoms with E-state index in [0.717, 1.165) is 11.1 Å². The molecule has 0 amide bonds. The molecule has 0 radical (unpaired) electrons. The van der Waals surface area contributed by atoms with Crippen LogP contribution in [0.4, 0.5) is 0 Å². The van der Waals surface area contributed by atoms with E-state index in [1.807, 2.05) is 18.2 Å². The highest BCUT2D eigenvalue weighted by atomic mass is 35.5. The van der Waals surface area contributed by atoms with Crippen molar-refractivity contribution in [2.45, 2.75) is 13.3 Å². The largest absolute Gasteiger partial charge is 0.462 e. The molecule has 3 nitrogen and oxygen atoms in total. The van der Waals surface area contributed by atoms with Gasteiger partial charge in [-0.25, -0.2) is 4.79 Å². The van der Waals surface area contributed by atoms with Gasteiger partial charge in [0.15, 0.2) is 0 Å². The first-order valence-corrected chi connectivity index (χ1v) is 6.13. The van der Waals surface area contributed by atoms with E-state index in [4.69, 9.17) is 22.1 Å². The Morgan fingerprint density at radius 2 is 2.06 bits per heavy atom. The Balaban J connectivity index is 2.34. The molecular weight excluding hydrogens is 250 g/mol. The maximum Gasteiger partial charge on any atom is 0.340 e. The smallest absolute Gasteiger partial charge is 0.340 e. The molecule has 94 valence electrons. The van der Waals surface area contributed by atoms with Gasteiger partial charge in [0, 0.05) is 17.1 Å². The lowest BCUT2D eigenvalue weighted by molar-refractivity contribution is -0.138. The zero-order chi connectivity index (χ0) is 13.1. The van der Waals surface area contributed by atoms with Gasteiger partial charge in [0.25, 0.3) is 0 Å². The monoisotopic (exact) mass is 263 g/mol. The van der Waals surface area contributed by atoms with Gasteiger partial charge in [-0.1, -0.05) is 29.8 Å². The zero-order valence-corrected chi connectivity index (χ0v) is 10.8. The van der Waals surface area contributed by atoms with E-state index in [2.05, 4.69) is 0 Å². The molecule has 1 aromatic carbocycles. The Bertz CT molecular complexity index is 529. The normalized spacial score (nSPS) is 14.7. The Hall–Kier alpha value is -1.74. The van der Waals surface area contributed by atoms with Crippen molar-refractivity contribution in [1.29, 1.82) is 0 Å². The van der Waals surface area contributed by atoms with Crippen LogP contribution in [0.5, 0.6) is 0 Å². The first-order valence-electron chi connectivity index (χ1n) is 5.75. The van der Waals surface area contributed by atoms with Crippen LogP contribution >= 0.6 is 11.6 Å². The molecular formula is C14H14ClNO2. The van der Waals surface area contributed by atoms with E-state index in [1.54, 1.807) is 19.1 Å². The quantitative estimate of drug-likeness (QED) is 0.853. The third-order valence-electron chi connectivity index (χ3n) is 2.75.